The molecule has 0 amide bonds. The maximum Gasteiger partial charge on any atom is 0.469 e. The molecule has 0 bridgehead atoms. The van der Waals surface area contributed by atoms with Gasteiger partial charge in [-0.25, -0.2) is 9.36 Å². The number of esters is 1. The van der Waals surface area contributed by atoms with E-state index >= 15 is 0 Å². The molecule has 25 heavy (non-hydrogen) atoms. The largest absolute Gasteiger partial charge is 0.469 e. The standard InChI is InChI=1S/C18H35O6P/c1-2-18(19)23-16-14-12-10-8-6-4-3-5-7-9-11-13-15-17-24-25(20,21)22/h2H,1,3-17H2,(H2,20,21,22). The van der Waals surface area contributed by atoms with Gasteiger partial charge in [0.05, 0.1) is 13.2 Å². The highest BCUT2D eigenvalue weighted by Gasteiger charge is 2.12. The third kappa shape index (κ3) is 21.3. The maximum absolute atomic E-state index is 10.8. The zero-order valence-corrected chi connectivity index (χ0v) is 16.3. The van der Waals surface area contributed by atoms with Crippen LogP contribution in [0.15, 0.2) is 12.7 Å². The summed E-state index contributed by atoms with van der Waals surface area (Å²) in [7, 11) is -4.28. The first-order valence-corrected chi connectivity index (χ1v) is 11.0. The molecular formula is C18H35O6P. The molecule has 0 heterocycles. The van der Waals surface area contributed by atoms with Crippen LogP contribution < -0.4 is 0 Å². The first kappa shape index (κ1) is 24.3. The molecule has 0 spiro atoms. The van der Waals surface area contributed by atoms with Crippen LogP contribution in [0.25, 0.3) is 0 Å². The Balaban J connectivity index is 3.08. The fraction of sp³-hybridized carbons (Fsp3) is 0.833. The van der Waals surface area contributed by atoms with E-state index < -0.39 is 7.82 Å². The van der Waals surface area contributed by atoms with Gasteiger partial charge < -0.3 is 14.5 Å². The molecule has 7 heteroatoms. The molecule has 0 aromatic heterocycles. The van der Waals surface area contributed by atoms with Gasteiger partial charge in [-0.3, -0.25) is 4.52 Å². The molecule has 0 radical (unpaired) electrons. The highest BCUT2D eigenvalue weighted by molar-refractivity contribution is 7.46. The molecule has 148 valence electrons. The number of phosphoric ester groups is 1. The second-order valence-corrected chi connectivity index (χ2v) is 7.53. The van der Waals surface area contributed by atoms with E-state index in [4.69, 9.17) is 14.5 Å². The molecule has 0 saturated heterocycles. The van der Waals surface area contributed by atoms with Crippen molar-refractivity contribution in [1.29, 1.82) is 0 Å². The minimum absolute atomic E-state index is 0.140. The monoisotopic (exact) mass is 378 g/mol. The lowest BCUT2D eigenvalue weighted by Crippen LogP contribution is -2.01. The van der Waals surface area contributed by atoms with Gasteiger partial charge in [-0.15, -0.1) is 0 Å². The Kier molecular flexibility index (Phi) is 16.3. The molecule has 0 aliphatic carbocycles. The third-order valence-corrected chi connectivity index (χ3v) is 4.48. The van der Waals surface area contributed by atoms with E-state index in [-0.39, 0.29) is 12.6 Å². The Hall–Kier alpha value is -0.680. The van der Waals surface area contributed by atoms with E-state index in [0.717, 1.165) is 25.7 Å². The molecule has 0 aromatic carbocycles. The molecule has 0 aliphatic heterocycles. The Morgan fingerprint density at radius 3 is 1.48 bits per heavy atom. The van der Waals surface area contributed by atoms with E-state index in [1.807, 2.05) is 0 Å². The van der Waals surface area contributed by atoms with Crippen molar-refractivity contribution in [2.75, 3.05) is 13.2 Å². The van der Waals surface area contributed by atoms with Crippen LogP contribution in [0.3, 0.4) is 0 Å². The Morgan fingerprint density at radius 1 is 0.760 bits per heavy atom. The van der Waals surface area contributed by atoms with Crippen LogP contribution in [-0.2, 0) is 18.6 Å². The van der Waals surface area contributed by atoms with Gasteiger partial charge in [-0.1, -0.05) is 77.2 Å². The number of carbonyl (C=O) groups is 1. The summed E-state index contributed by atoms with van der Waals surface area (Å²) in [5, 5.41) is 0. The first-order valence-electron chi connectivity index (χ1n) is 9.45. The molecule has 0 saturated carbocycles. The summed E-state index contributed by atoms with van der Waals surface area (Å²) in [6, 6.07) is 0. The number of rotatable bonds is 18. The van der Waals surface area contributed by atoms with Crippen LogP contribution in [0.5, 0.6) is 0 Å². The number of phosphoric acid groups is 1. The summed E-state index contributed by atoms with van der Waals surface area (Å²) in [5.74, 6) is -0.338. The van der Waals surface area contributed by atoms with Gasteiger partial charge in [0, 0.05) is 6.08 Å². The molecule has 0 unspecified atom stereocenters. The minimum atomic E-state index is -4.28. The van der Waals surface area contributed by atoms with Crippen molar-refractivity contribution < 1.29 is 28.4 Å². The van der Waals surface area contributed by atoms with Crippen LogP contribution in [0.2, 0.25) is 0 Å². The number of hydrogen-bond donors (Lipinski definition) is 2. The predicted molar refractivity (Wildman–Crippen MR) is 99.2 cm³/mol. The van der Waals surface area contributed by atoms with E-state index in [9.17, 15) is 9.36 Å². The van der Waals surface area contributed by atoms with Gasteiger partial charge >= 0.3 is 13.8 Å². The van der Waals surface area contributed by atoms with Gasteiger partial charge in [0.15, 0.2) is 0 Å². The lowest BCUT2D eigenvalue weighted by molar-refractivity contribution is -0.137. The summed E-state index contributed by atoms with van der Waals surface area (Å²) in [6.45, 7) is 3.99. The van der Waals surface area contributed by atoms with E-state index in [0.29, 0.717) is 13.0 Å². The summed E-state index contributed by atoms with van der Waals surface area (Å²) >= 11 is 0. The van der Waals surface area contributed by atoms with Crippen molar-refractivity contribution >= 4 is 13.8 Å². The average molecular weight is 378 g/mol. The highest BCUT2D eigenvalue weighted by Crippen LogP contribution is 2.35. The van der Waals surface area contributed by atoms with Gasteiger partial charge in [-0.05, 0) is 12.8 Å². The van der Waals surface area contributed by atoms with Crippen LogP contribution in [0.1, 0.15) is 83.5 Å². The van der Waals surface area contributed by atoms with Crippen molar-refractivity contribution in [1.82, 2.24) is 0 Å². The molecule has 0 atom stereocenters. The average Bonchev–Trinajstić information content (AvgIpc) is 2.56. The summed E-state index contributed by atoms with van der Waals surface area (Å²) in [6.07, 6.45) is 15.9. The predicted octanol–water partition coefficient (Wildman–Crippen LogP) is 4.90. The zero-order valence-electron chi connectivity index (χ0n) is 15.4. The normalized spacial score (nSPS) is 11.4. The van der Waals surface area contributed by atoms with Crippen molar-refractivity contribution in [3.8, 4) is 0 Å². The van der Waals surface area contributed by atoms with Crippen LogP contribution in [0.4, 0.5) is 0 Å². The second-order valence-electron chi connectivity index (χ2n) is 6.29. The fourth-order valence-electron chi connectivity index (χ4n) is 2.56. The number of carbonyl (C=O) groups excluding carboxylic acids is 1. The number of unbranched alkanes of at least 4 members (excludes halogenated alkanes) is 12. The van der Waals surface area contributed by atoms with Gasteiger partial charge in [-0.2, -0.15) is 0 Å². The van der Waals surface area contributed by atoms with E-state index in [2.05, 4.69) is 11.1 Å². The van der Waals surface area contributed by atoms with Crippen LogP contribution in [-0.4, -0.2) is 29.0 Å². The second kappa shape index (κ2) is 16.8. The smallest absolute Gasteiger partial charge is 0.463 e. The SMILES string of the molecule is C=CC(=O)OCCCCCCCCCCCCCCCOP(=O)(O)O. The highest BCUT2D eigenvalue weighted by atomic mass is 31.2. The molecule has 0 aromatic rings. The summed E-state index contributed by atoms with van der Waals surface area (Å²) in [4.78, 5) is 27.9. The number of hydrogen-bond acceptors (Lipinski definition) is 4. The molecule has 0 fully saturated rings. The molecule has 0 rings (SSSR count). The molecular weight excluding hydrogens is 343 g/mol. The molecule has 2 N–H and O–H groups in total. The Bertz CT molecular complexity index is 380. The topological polar surface area (TPSA) is 93.1 Å². The lowest BCUT2D eigenvalue weighted by Gasteiger charge is -2.05. The fourth-order valence-corrected chi connectivity index (χ4v) is 2.93. The summed E-state index contributed by atoms with van der Waals surface area (Å²) in [5.41, 5.74) is 0. The van der Waals surface area contributed by atoms with Crippen molar-refractivity contribution in [2.45, 2.75) is 83.5 Å². The Morgan fingerprint density at radius 2 is 1.12 bits per heavy atom. The van der Waals surface area contributed by atoms with Crippen molar-refractivity contribution in [3.05, 3.63) is 12.7 Å². The third-order valence-electron chi connectivity index (χ3n) is 3.96. The van der Waals surface area contributed by atoms with Gasteiger partial charge in [0.2, 0.25) is 0 Å². The van der Waals surface area contributed by atoms with E-state index in [1.165, 1.54) is 57.4 Å². The quantitative estimate of drug-likeness (QED) is 0.153. The first-order chi connectivity index (χ1) is 12.0. The van der Waals surface area contributed by atoms with Crippen molar-refractivity contribution in [3.63, 3.8) is 0 Å². The lowest BCUT2D eigenvalue weighted by atomic mass is 10.0. The zero-order chi connectivity index (χ0) is 18.8. The van der Waals surface area contributed by atoms with Crippen LogP contribution >= 0.6 is 7.82 Å². The van der Waals surface area contributed by atoms with Crippen molar-refractivity contribution in [2.24, 2.45) is 0 Å². The molecule has 0 aliphatic rings. The summed E-state index contributed by atoms with van der Waals surface area (Å²) < 4.78 is 19.8. The molecule has 6 nitrogen and oxygen atoms in total. The minimum Gasteiger partial charge on any atom is -0.463 e. The maximum atomic E-state index is 10.8. The van der Waals surface area contributed by atoms with Crippen LogP contribution in [0, 0.1) is 0 Å². The Labute approximate surface area is 152 Å². The van der Waals surface area contributed by atoms with Gasteiger partial charge in [0.1, 0.15) is 0 Å². The number of ether oxygens (including phenoxy) is 1. The van der Waals surface area contributed by atoms with Gasteiger partial charge in [0.25, 0.3) is 0 Å². The van der Waals surface area contributed by atoms with E-state index in [1.54, 1.807) is 0 Å².